The van der Waals surface area contributed by atoms with Gasteiger partial charge in [0.2, 0.25) is 10.0 Å². The Kier molecular flexibility index (Phi) is 4.47. The Morgan fingerprint density at radius 1 is 1.19 bits per heavy atom. The molecule has 1 fully saturated rings. The molecule has 0 saturated heterocycles. The smallest absolute Gasteiger partial charge is 0.212 e. The number of nitrogens with one attached hydrogen (secondary N) is 2. The highest BCUT2D eigenvalue weighted by atomic mass is 32.2. The molecule has 0 radical (unpaired) electrons. The number of fused-ring (bicyclic) bond motifs is 1. The van der Waals surface area contributed by atoms with Crippen molar-refractivity contribution in [3.63, 3.8) is 0 Å². The SMILES string of the molecule is O=S(=O)(CCCCNC1CC1)NC1COc2ccccc21. The predicted molar refractivity (Wildman–Crippen MR) is 81.9 cm³/mol. The van der Waals surface area contributed by atoms with E-state index in [1.54, 1.807) is 0 Å². The van der Waals surface area contributed by atoms with Gasteiger partial charge in [0.1, 0.15) is 12.4 Å². The van der Waals surface area contributed by atoms with Crippen molar-refractivity contribution in [2.75, 3.05) is 18.9 Å². The fraction of sp³-hybridized carbons (Fsp3) is 0.600. The van der Waals surface area contributed by atoms with E-state index in [1.807, 2.05) is 24.3 Å². The molecule has 2 N–H and O–H groups in total. The molecule has 1 aliphatic heterocycles. The standard InChI is InChI=1S/C15H22N2O3S/c18-21(19,10-4-3-9-16-12-7-8-12)17-14-11-20-15-6-2-1-5-13(14)15/h1-2,5-6,12,14,16-17H,3-4,7-11H2. The molecule has 116 valence electrons. The normalized spacial score (nSPS) is 21.0. The Hall–Kier alpha value is -1.11. The van der Waals surface area contributed by atoms with Gasteiger partial charge in [-0.25, -0.2) is 13.1 Å². The van der Waals surface area contributed by atoms with Crippen LogP contribution in [0.15, 0.2) is 24.3 Å². The number of unbranched alkanes of at least 4 members (excludes halogenated alkanes) is 1. The molecule has 21 heavy (non-hydrogen) atoms. The number of rotatable bonds is 8. The van der Waals surface area contributed by atoms with Crippen LogP contribution in [0, 0.1) is 0 Å². The van der Waals surface area contributed by atoms with E-state index in [4.69, 9.17) is 4.74 Å². The van der Waals surface area contributed by atoms with Crippen molar-refractivity contribution >= 4 is 10.0 Å². The molecular weight excluding hydrogens is 288 g/mol. The number of benzene rings is 1. The first-order chi connectivity index (χ1) is 10.1. The molecule has 0 amide bonds. The van der Waals surface area contributed by atoms with Crippen molar-refractivity contribution in [2.45, 2.75) is 37.8 Å². The van der Waals surface area contributed by atoms with Gasteiger partial charge in [-0.2, -0.15) is 0 Å². The Bertz CT molecular complexity index is 584. The topological polar surface area (TPSA) is 67.4 Å². The van der Waals surface area contributed by atoms with E-state index in [0.717, 1.165) is 24.3 Å². The zero-order valence-electron chi connectivity index (χ0n) is 12.0. The molecule has 0 bridgehead atoms. The van der Waals surface area contributed by atoms with Gasteiger partial charge >= 0.3 is 0 Å². The second kappa shape index (κ2) is 6.34. The summed E-state index contributed by atoms with van der Waals surface area (Å²) in [5.74, 6) is 0.955. The van der Waals surface area contributed by atoms with E-state index in [0.29, 0.717) is 19.1 Å². The van der Waals surface area contributed by atoms with Gasteiger partial charge in [-0.3, -0.25) is 0 Å². The highest BCUT2D eigenvalue weighted by molar-refractivity contribution is 7.89. The number of hydrogen-bond donors (Lipinski definition) is 2. The molecule has 1 aliphatic carbocycles. The number of para-hydroxylation sites is 1. The number of ether oxygens (including phenoxy) is 1. The zero-order chi connectivity index (χ0) is 14.7. The van der Waals surface area contributed by atoms with E-state index < -0.39 is 10.0 Å². The van der Waals surface area contributed by atoms with E-state index in [9.17, 15) is 8.42 Å². The monoisotopic (exact) mass is 310 g/mol. The molecule has 2 aliphatic rings. The summed E-state index contributed by atoms with van der Waals surface area (Å²) < 4.78 is 32.5. The van der Waals surface area contributed by atoms with Crippen molar-refractivity contribution < 1.29 is 13.2 Å². The van der Waals surface area contributed by atoms with Crippen LogP contribution in [0.5, 0.6) is 5.75 Å². The summed E-state index contributed by atoms with van der Waals surface area (Å²) in [6, 6.07) is 8.01. The maximum atomic E-state index is 12.1. The van der Waals surface area contributed by atoms with E-state index in [-0.39, 0.29) is 11.8 Å². The summed E-state index contributed by atoms with van der Waals surface area (Å²) in [4.78, 5) is 0. The maximum absolute atomic E-state index is 12.1. The van der Waals surface area contributed by atoms with Gasteiger partial charge in [-0.1, -0.05) is 18.2 Å². The van der Waals surface area contributed by atoms with Crippen LogP contribution in [0.1, 0.15) is 37.3 Å². The van der Waals surface area contributed by atoms with E-state index in [1.165, 1.54) is 12.8 Å². The second-order valence-electron chi connectivity index (χ2n) is 5.77. The molecule has 6 heteroatoms. The fourth-order valence-electron chi connectivity index (χ4n) is 2.55. The third-order valence-corrected chi connectivity index (χ3v) is 5.34. The molecule has 1 atom stereocenters. The summed E-state index contributed by atoms with van der Waals surface area (Å²) in [7, 11) is -3.25. The van der Waals surface area contributed by atoms with Crippen LogP contribution in [-0.2, 0) is 10.0 Å². The predicted octanol–water partition coefficient (Wildman–Crippen LogP) is 1.57. The maximum Gasteiger partial charge on any atom is 0.212 e. The van der Waals surface area contributed by atoms with Crippen molar-refractivity contribution in [3.05, 3.63) is 29.8 Å². The van der Waals surface area contributed by atoms with Crippen LogP contribution in [0.4, 0.5) is 0 Å². The van der Waals surface area contributed by atoms with Gasteiger partial charge in [0.05, 0.1) is 11.8 Å². The van der Waals surface area contributed by atoms with Gasteiger partial charge in [0.15, 0.2) is 0 Å². The molecule has 0 aromatic heterocycles. The van der Waals surface area contributed by atoms with Crippen molar-refractivity contribution in [3.8, 4) is 5.75 Å². The second-order valence-corrected chi connectivity index (χ2v) is 7.65. The van der Waals surface area contributed by atoms with Crippen LogP contribution in [0.3, 0.4) is 0 Å². The van der Waals surface area contributed by atoms with Crippen LogP contribution in [0.2, 0.25) is 0 Å². The highest BCUT2D eigenvalue weighted by Gasteiger charge is 2.27. The summed E-state index contributed by atoms with van der Waals surface area (Å²) in [5.41, 5.74) is 0.927. The fourth-order valence-corrected chi connectivity index (χ4v) is 3.88. The number of sulfonamides is 1. The highest BCUT2D eigenvalue weighted by Crippen LogP contribution is 2.32. The Morgan fingerprint density at radius 2 is 2.00 bits per heavy atom. The number of hydrogen-bond acceptors (Lipinski definition) is 4. The molecule has 1 unspecified atom stereocenters. The van der Waals surface area contributed by atoms with E-state index in [2.05, 4.69) is 10.0 Å². The average molecular weight is 310 g/mol. The third kappa shape index (κ3) is 4.18. The minimum Gasteiger partial charge on any atom is -0.491 e. The largest absolute Gasteiger partial charge is 0.491 e. The molecule has 0 spiro atoms. The zero-order valence-corrected chi connectivity index (χ0v) is 12.9. The molecule has 1 saturated carbocycles. The minimum atomic E-state index is -3.25. The summed E-state index contributed by atoms with van der Waals surface area (Å²) in [5, 5.41) is 3.39. The van der Waals surface area contributed by atoms with Gasteiger partial charge in [0, 0.05) is 11.6 Å². The van der Waals surface area contributed by atoms with Crippen LogP contribution < -0.4 is 14.8 Å². The first kappa shape index (κ1) is 14.8. The first-order valence-electron chi connectivity index (χ1n) is 7.59. The van der Waals surface area contributed by atoms with Crippen LogP contribution >= 0.6 is 0 Å². The van der Waals surface area contributed by atoms with Gasteiger partial charge in [0.25, 0.3) is 0 Å². The Balaban J connectivity index is 1.45. The summed E-state index contributed by atoms with van der Waals surface area (Å²) in [6.07, 6.45) is 4.11. The Labute approximate surface area is 126 Å². The van der Waals surface area contributed by atoms with Crippen molar-refractivity contribution in [1.29, 1.82) is 0 Å². The van der Waals surface area contributed by atoms with Gasteiger partial charge in [-0.15, -0.1) is 0 Å². The van der Waals surface area contributed by atoms with Crippen molar-refractivity contribution in [1.82, 2.24) is 10.0 Å². The Morgan fingerprint density at radius 3 is 2.81 bits per heavy atom. The lowest BCUT2D eigenvalue weighted by Crippen LogP contribution is -2.31. The molecule has 1 aromatic carbocycles. The lowest BCUT2D eigenvalue weighted by molar-refractivity contribution is 0.325. The summed E-state index contributed by atoms with van der Waals surface area (Å²) >= 11 is 0. The van der Waals surface area contributed by atoms with Crippen molar-refractivity contribution in [2.24, 2.45) is 0 Å². The van der Waals surface area contributed by atoms with Gasteiger partial charge in [-0.05, 0) is 38.3 Å². The third-order valence-electron chi connectivity index (χ3n) is 3.87. The minimum absolute atomic E-state index is 0.179. The van der Waals surface area contributed by atoms with E-state index >= 15 is 0 Å². The molecule has 1 heterocycles. The van der Waals surface area contributed by atoms with Crippen LogP contribution in [-0.4, -0.2) is 33.4 Å². The first-order valence-corrected chi connectivity index (χ1v) is 9.24. The lowest BCUT2D eigenvalue weighted by Gasteiger charge is -2.12. The lowest BCUT2D eigenvalue weighted by atomic mass is 10.1. The molecular formula is C15H22N2O3S. The molecule has 5 nitrogen and oxygen atoms in total. The summed E-state index contributed by atoms with van der Waals surface area (Å²) in [6.45, 7) is 1.29. The molecule has 1 aromatic rings. The quantitative estimate of drug-likeness (QED) is 0.715. The van der Waals surface area contributed by atoms with Gasteiger partial charge < -0.3 is 10.1 Å². The molecule has 3 rings (SSSR count). The average Bonchev–Trinajstić information content (AvgIpc) is 3.20. The van der Waals surface area contributed by atoms with Crippen LogP contribution in [0.25, 0.3) is 0 Å².